The summed E-state index contributed by atoms with van der Waals surface area (Å²) in [5.74, 6) is -0.202. The molecule has 119 valence electrons. The van der Waals surface area contributed by atoms with Gasteiger partial charge in [-0.2, -0.15) is 0 Å². The van der Waals surface area contributed by atoms with Crippen LogP contribution in [0.1, 0.15) is 81.5 Å². The van der Waals surface area contributed by atoms with E-state index >= 15 is 0 Å². The summed E-state index contributed by atoms with van der Waals surface area (Å²) in [6.07, 6.45) is 12.9. The summed E-state index contributed by atoms with van der Waals surface area (Å²) in [4.78, 5) is 11.7. The van der Waals surface area contributed by atoms with Gasteiger partial charge in [0.05, 0.1) is 12.2 Å². The average molecular weight is 313 g/mol. The summed E-state index contributed by atoms with van der Waals surface area (Å²) in [5.41, 5.74) is 0.643. The van der Waals surface area contributed by atoms with E-state index in [4.69, 9.17) is 4.74 Å². The maximum absolute atomic E-state index is 11.7. The third-order valence-electron chi connectivity index (χ3n) is 3.74. The molecule has 0 amide bonds. The number of unbranched alkanes of at least 4 members (excludes halogenated alkanes) is 9. The summed E-state index contributed by atoms with van der Waals surface area (Å²) in [6, 6.07) is 9.20. The fraction of sp³-hybridized carbons (Fsp3) is 0.632. The third-order valence-corrected chi connectivity index (χ3v) is 3.74. The number of ether oxygens (including phenoxy) is 1. The van der Waals surface area contributed by atoms with Gasteiger partial charge in [-0.05, 0) is 18.6 Å². The standard InChI is InChI=1S/C19H30O2.Na/c1-2-3-4-5-6-7-8-9-10-14-17-21-19(20)18-15-12-11-13-16-18;/h11-13,15-16H,2-10,14,17H2,1H3;. The first-order valence-electron chi connectivity index (χ1n) is 8.56. The van der Waals surface area contributed by atoms with E-state index in [-0.39, 0.29) is 35.5 Å². The molecule has 0 bridgehead atoms. The first-order chi connectivity index (χ1) is 10.3. The molecule has 3 heteroatoms. The van der Waals surface area contributed by atoms with Gasteiger partial charge in [0.25, 0.3) is 0 Å². The second-order valence-corrected chi connectivity index (χ2v) is 5.68. The van der Waals surface area contributed by atoms with Crippen molar-refractivity contribution in [1.29, 1.82) is 0 Å². The maximum atomic E-state index is 11.7. The number of rotatable bonds is 12. The van der Waals surface area contributed by atoms with Gasteiger partial charge in [-0.1, -0.05) is 82.9 Å². The van der Waals surface area contributed by atoms with Crippen LogP contribution in [0.4, 0.5) is 0 Å². The molecular weight excluding hydrogens is 283 g/mol. The predicted molar refractivity (Wildman–Crippen MR) is 94.3 cm³/mol. The third kappa shape index (κ3) is 11.3. The van der Waals surface area contributed by atoms with E-state index in [0.29, 0.717) is 12.2 Å². The van der Waals surface area contributed by atoms with Crippen LogP contribution in [0.15, 0.2) is 30.3 Å². The predicted octanol–water partition coefficient (Wildman–Crippen LogP) is 5.38. The Morgan fingerprint density at radius 3 is 1.86 bits per heavy atom. The smallest absolute Gasteiger partial charge is 0.338 e. The molecule has 2 nitrogen and oxygen atoms in total. The van der Waals surface area contributed by atoms with Crippen LogP contribution < -0.4 is 0 Å². The quantitative estimate of drug-likeness (QED) is 0.294. The first-order valence-corrected chi connectivity index (χ1v) is 8.56. The molecular formula is C19H30NaO2. The van der Waals surface area contributed by atoms with Crippen LogP contribution >= 0.6 is 0 Å². The van der Waals surface area contributed by atoms with Crippen LogP contribution in [0.3, 0.4) is 0 Å². The molecule has 0 N–H and O–H groups in total. The van der Waals surface area contributed by atoms with Crippen LogP contribution in [0, 0.1) is 0 Å². The topological polar surface area (TPSA) is 26.3 Å². The zero-order valence-electron chi connectivity index (χ0n) is 14.5. The number of benzene rings is 1. The van der Waals surface area contributed by atoms with Crippen molar-refractivity contribution in [3.63, 3.8) is 0 Å². The molecule has 0 saturated heterocycles. The van der Waals surface area contributed by atoms with Crippen LogP contribution in [0.5, 0.6) is 0 Å². The molecule has 0 heterocycles. The molecule has 22 heavy (non-hydrogen) atoms. The van der Waals surface area contributed by atoms with Gasteiger partial charge >= 0.3 is 5.97 Å². The van der Waals surface area contributed by atoms with Crippen molar-refractivity contribution >= 4 is 35.5 Å². The van der Waals surface area contributed by atoms with Crippen molar-refractivity contribution in [3.05, 3.63) is 35.9 Å². The van der Waals surface area contributed by atoms with E-state index in [1.807, 2.05) is 18.2 Å². The molecule has 0 fully saturated rings. The molecule has 0 aromatic heterocycles. The molecule has 1 aromatic rings. The van der Waals surface area contributed by atoms with E-state index < -0.39 is 0 Å². The molecule has 0 aliphatic carbocycles. The normalized spacial score (nSPS) is 10.0. The fourth-order valence-corrected chi connectivity index (χ4v) is 2.41. The minimum absolute atomic E-state index is 0. The van der Waals surface area contributed by atoms with Crippen molar-refractivity contribution in [1.82, 2.24) is 0 Å². The largest absolute Gasteiger partial charge is 0.462 e. The Labute approximate surface area is 158 Å². The van der Waals surface area contributed by atoms with Crippen molar-refractivity contribution in [2.75, 3.05) is 6.61 Å². The Morgan fingerprint density at radius 1 is 0.818 bits per heavy atom. The SMILES string of the molecule is CCCCCCCCCCCCOC(=O)c1ccccc1.[Na]. The number of hydrogen-bond donors (Lipinski definition) is 0. The molecule has 1 rings (SSSR count). The summed E-state index contributed by atoms with van der Waals surface area (Å²) in [5, 5.41) is 0. The molecule has 0 atom stereocenters. The molecule has 0 saturated carbocycles. The van der Waals surface area contributed by atoms with Crippen LogP contribution in [0.2, 0.25) is 0 Å². The number of esters is 1. The van der Waals surface area contributed by atoms with Crippen molar-refractivity contribution < 1.29 is 9.53 Å². The summed E-state index contributed by atoms with van der Waals surface area (Å²) < 4.78 is 5.26. The van der Waals surface area contributed by atoms with E-state index in [2.05, 4.69) is 6.92 Å². The summed E-state index contributed by atoms with van der Waals surface area (Å²) >= 11 is 0. The van der Waals surface area contributed by atoms with Gasteiger partial charge in [-0.3, -0.25) is 0 Å². The molecule has 1 aromatic carbocycles. The maximum Gasteiger partial charge on any atom is 0.338 e. The minimum atomic E-state index is -0.202. The van der Waals surface area contributed by atoms with Gasteiger partial charge in [0.15, 0.2) is 0 Å². The van der Waals surface area contributed by atoms with Gasteiger partial charge < -0.3 is 4.74 Å². The van der Waals surface area contributed by atoms with E-state index in [1.165, 1.54) is 51.4 Å². The van der Waals surface area contributed by atoms with E-state index in [1.54, 1.807) is 12.1 Å². The molecule has 0 unspecified atom stereocenters. The Morgan fingerprint density at radius 2 is 1.32 bits per heavy atom. The van der Waals surface area contributed by atoms with Gasteiger partial charge in [0.2, 0.25) is 0 Å². The van der Waals surface area contributed by atoms with Crippen LogP contribution in [-0.4, -0.2) is 42.1 Å². The van der Waals surface area contributed by atoms with Crippen LogP contribution in [-0.2, 0) is 4.74 Å². The Balaban J connectivity index is 0.00000441. The molecule has 0 aliphatic heterocycles. The zero-order valence-corrected chi connectivity index (χ0v) is 16.5. The second kappa shape index (κ2) is 15.6. The number of hydrogen-bond acceptors (Lipinski definition) is 2. The minimum Gasteiger partial charge on any atom is -0.462 e. The van der Waals surface area contributed by atoms with Crippen LogP contribution in [0.25, 0.3) is 0 Å². The van der Waals surface area contributed by atoms with E-state index in [9.17, 15) is 4.79 Å². The number of carbonyl (C=O) groups is 1. The first kappa shape index (κ1) is 21.7. The fourth-order valence-electron chi connectivity index (χ4n) is 2.41. The van der Waals surface area contributed by atoms with Gasteiger partial charge in [0.1, 0.15) is 0 Å². The van der Waals surface area contributed by atoms with E-state index in [0.717, 1.165) is 12.8 Å². The zero-order chi connectivity index (χ0) is 15.2. The Hall–Kier alpha value is -0.310. The number of carbonyl (C=O) groups excluding carboxylic acids is 1. The van der Waals surface area contributed by atoms with Crippen molar-refractivity contribution in [3.8, 4) is 0 Å². The molecule has 0 spiro atoms. The van der Waals surface area contributed by atoms with Gasteiger partial charge in [-0.15, -0.1) is 0 Å². The Kier molecular flexibility index (Phi) is 15.4. The van der Waals surface area contributed by atoms with Crippen molar-refractivity contribution in [2.24, 2.45) is 0 Å². The van der Waals surface area contributed by atoms with Gasteiger partial charge in [-0.25, -0.2) is 4.79 Å². The summed E-state index contributed by atoms with van der Waals surface area (Å²) in [6.45, 7) is 2.80. The Bertz CT molecular complexity index is 365. The average Bonchev–Trinajstić information content (AvgIpc) is 2.53. The molecule has 1 radical (unpaired) electrons. The van der Waals surface area contributed by atoms with Gasteiger partial charge in [0, 0.05) is 29.6 Å². The summed E-state index contributed by atoms with van der Waals surface area (Å²) in [7, 11) is 0. The monoisotopic (exact) mass is 313 g/mol. The van der Waals surface area contributed by atoms with Crippen molar-refractivity contribution in [2.45, 2.75) is 71.1 Å². The second-order valence-electron chi connectivity index (χ2n) is 5.68. The molecule has 0 aliphatic rings.